The third kappa shape index (κ3) is 4.30. The molecule has 1 heterocycles. The Morgan fingerprint density at radius 2 is 2.11 bits per heavy atom. The summed E-state index contributed by atoms with van der Waals surface area (Å²) in [6.45, 7) is 4.21. The van der Waals surface area contributed by atoms with Gasteiger partial charge in [-0.1, -0.05) is 39.7 Å². The van der Waals surface area contributed by atoms with E-state index in [-0.39, 0.29) is 0 Å². The fourth-order valence-corrected chi connectivity index (χ4v) is 3.77. The fourth-order valence-electron chi connectivity index (χ4n) is 2.05. The Morgan fingerprint density at radius 1 is 1.32 bits per heavy atom. The van der Waals surface area contributed by atoms with Gasteiger partial charge in [-0.25, -0.2) is 4.98 Å². The Balaban J connectivity index is 2.04. The van der Waals surface area contributed by atoms with Gasteiger partial charge in [0.2, 0.25) is 0 Å². The smallest absolute Gasteiger partial charge is 0.0934 e. The zero-order valence-electron chi connectivity index (χ0n) is 11.1. The largest absolute Gasteiger partial charge is 0.246 e. The van der Waals surface area contributed by atoms with Crippen LogP contribution in [0.5, 0.6) is 0 Å². The van der Waals surface area contributed by atoms with Crippen LogP contribution >= 0.6 is 38.9 Å². The molecule has 1 nitrogen and oxygen atoms in total. The minimum Gasteiger partial charge on any atom is -0.246 e. The van der Waals surface area contributed by atoms with Crippen molar-refractivity contribution in [2.75, 3.05) is 5.33 Å². The molecule has 0 spiro atoms. The number of aromatic nitrogens is 1. The molecule has 4 heteroatoms. The molecule has 0 bridgehead atoms. The van der Waals surface area contributed by atoms with Gasteiger partial charge in [-0.15, -0.1) is 11.3 Å². The lowest BCUT2D eigenvalue weighted by atomic mass is 9.98. The third-order valence-corrected chi connectivity index (χ3v) is 5.41. The van der Waals surface area contributed by atoms with Crippen LogP contribution in [0, 0.1) is 19.8 Å². The van der Waals surface area contributed by atoms with Crippen molar-refractivity contribution in [3.05, 3.63) is 50.4 Å². The number of hydrogen-bond donors (Lipinski definition) is 0. The number of hydrogen-bond acceptors (Lipinski definition) is 2. The van der Waals surface area contributed by atoms with Crippen LogP contribution in [0.3, 0.4) is 0 Å². The van der Waals surface area contributed by atoms with Crippen LogP contribution < -0.4 is 0 Å². The molecule has 2 rings (SSSR count). The van der Waals surface area contributed by atoms with Crippen LogP contribution in [-0.4, -0.2) is 10.3 Å². The van der Waals surface area contributed by atoms with E-state index in [9.17, 15) is 0 Å². The minimum absolute atomic E-state index is 0.559. The summed E-state index contributed by atoms with van der Waals surface area (Å²) < 4.78 is 0. The van der Waals surface area contributed by atoms with E-state index < -0.39 is 0 Å². The topological polar surface area (TPSA) is 12.9 Å². The Bertz CT molecular complexity index is 533. The lowest BCUT2D eigenvalue weighted by Crippen LogP contribution is -2.09. The average molecular weight is 359 g/mol. The molecule has 0 aliphatic rings. The predicted molar refractivity (Wildman–Crippen MR) is 87.7 cm³/mol. The van der Waals surface area contributed by atoms with Crippen LogP contribution in [0.15, 0.2) is 24.3 Å². The number of alkyl halides is 1. The number of rotatable bonds is 5. The quantitative estimate of drug-likeness (QED) is 0.669. The second kappa shape index (κ2) is 6.87. The second-order valence-corrected chi connectivity index (χ2v) is 7.18. The van der Waals surface area contributed by atoms with Gasteiger partial charge in [0.05, 0.1) is 10.7 Å². The molecule has 0 aliphatic heterocycles. The van der Waals surface area contributed by atoms with Crippen LogP contribution in [0.2, 0.25) is 5.02 Å². The first kappa shape index (κ1) is 15.0. The van der Waals surface area contributed by atoms with Gasteiger partial charge < -0.3 is 0 Å². The molecule has 19 heavy (non-hydrogen) atoms. The standard InChI is InChI=1S/C15H17BrClNS/c1-10-11(2)19-15(18-10)8-13(9-16)6-12-4-3-5-14(17)7-12/h3-5,7,13H,6,8-9H2,1-2H3. The summed E-state index contributed by atoms with van der Waals surface area (Å²) in [4.78, 5) is 5.95. The zero-order valence-corrected chi connectivity index (χ0v) is 14.3. The molecule has 0 amide bonds. The first-order valence-corrected chi connectivity index (χ1v) is 8.63. The molecule has 1 aromatic heterocycles. The molecule has 0 saturated carbocycles. The van der Waals surface area contributed by atoms with Gasteiger partial charge in [-0.05, 0) is 43.9 Å². The van der Waals surface area contributed by atoms with Crippen LogP contribution in [0.4, 0.5) is 0 Å². The normalized spacial score (nSPS) is 12.6. The van der Waals surface area contributed by atoms with Crippen molar-refractivity contribution < 1.29 is 0 Å². The monoisotopic (exact) mass is 357 g/mol. The van der Waals surface area contributed by atoms with Crippen molar-refractivity contribution in [3.63, 3.8) is 0 Å². The van der Waals surface area contributed by atoms with Crippen LogP contribution in [0.25, 0.3) is 0 Å². The Kier molecular flexibility index (Phi) is 5.43. The van der Waals surface area contributed by atoms with E-state index in [1.54, 1.807) is 0 Å². The number of halogens is 2. The SMILES string of the molecule is Cc1nc(CC(CBr)Cc2cccc(Cl)c2)sc1C. The van der Waals surface area contributed by atoms with E-state index >= 15 is 0 Å². The van der Waals surface area contributed by atoms with Crippen LogP contribution in [-0.2, 0) is 12.8 Å². The molecule has 0 aliphatic carbocycles. The zero-order chi connectivity index (χ0) is 13.8. The van der Waals surface area contributed by atoms with Crippen LogP contribution in [0.1, 0.15) is 21.1 Å². The molecule has 1 unspecified atom stereocenters. The van der Waals surface area contributed by atoms with E-state index in [1.165, 1.54) is 15.4 Å². The molecule has 1 atom stereocenters. The number of nitrogens with zero attached hydrogens (tertiary/aromatic N) is 1. The Labute approximate surface area is 132 Å². The van der Waals surface area contributed by atoms with Crippen molar-refractivity contribution in [1.29, 1.82) is 0 Å². The summed E-state index contributed by atoms with van der Waals surface area (Å²) in [5.41, 5.74) is 2.46. The van der Waals surface area contributed by atoms with Crippen molar-refractivity contribution >= 4 is 38.9 Å². The molecular weight excluding hydrogens is 342 g/mol. The summed E-state index contributed by atoms with van der Waals surface area (Å²) >= 11 is 11.5. The maximum Gasteiger partial charge on any atom is 0.0934 e. The van der Waals surface area contributed by atoms with Gasteiger partial charge in [0.15, 0.2) is 0 Å². The average Bonchev–Trinajstić information content (AvgIpc) is 2.67. The lowest BCUT2D eigenvalue weighted by Gasteiger charge is -2.12. The maximum atomic E-state index is 6.03. The molecule has 0 radical (unpaired) electrons. The van der Waals surface area contributed by atoms with Gasteiger partial charge in [0.1, 0.15) is 0 Å². The van der Waals surface area contributed by atoms with Gasteiger partial charge in [-0.2, -0.15) is 0 Å². The van der Waals surface area contributed by atoms with Gasteiger partial charge in [-0.3, -0.25) is 0 Å². The summed E-state index contributed by atoms with van der Waals surface area (Å²) in [6, 6.07) is 8.12. The van der Waals surface area contributed by atoms with E-state index in [0.29, 0.717) is 5.92 Å². The minimum atomic E-state index is 0.559. The lowest BCUT2D eigenvalue weighted by molar-refractivity contribution is 0.589. The predicted octanol–water partition coefficient (Wildman–Crippen LogP) is 5.21. The summed E-state index contributed by atoms with van der Waals surface area (Å²) in [7, 11) is 0. The van der Waals surface area contributed by atoms with Crippen molar-refractivity contribution in [2.45, 2.75) is 26.7 Å². The third-order valence-electron chi connectivity index (χ3n) is 3.17. The summed E-state index contributed by atoms with van der Waals surface area (Å²) in [5.74, 6) is 0.559. The molecule has 1 aromatic carbocycles. The van der Waals surface area contributed by atoms with Crippen molar-refractivity contribution in [1.82, 2.24) is 4.98 Å². The Morgan fingerprint density at radius 3 is 2.68 bits per heavy atom. The van der Waals surface area contributed by atoms with Gasteiger partial charge in [0.25, 0.3) is 0 Å². The van der Waals surface area contributed by atoms with Crippen molar-refractivity contribution in [2.24, 2.45) is 5.92 Å². The second-order valence-electron chi connectivity index (χ2n) is 4.81. The molecule has 0 N–H and O–H groups in total. The molecule has 0 saturated heterocycles. The molecule has 0 fully saturated rings. The van der Waals surface area contributed by atoms with E-state index in [2.05, 4.69) is 46.9 Å². The maximum absolute atomic E-state index is 6.03. The van der Waals surface area contributed by atoms with Gasteiger partial charge in [0, 0.05) is 21.7 Å². The molecular formula is C15H17BrClNS. The first-order valence-electron chi connectivity index (χ1n) is 6.31. The number of aryl methyl sites for hydroxylation is 2. The van der Waals surface area contributed by atoms with E-state index in [4.69, 9.17) is 11.6 Å². The molecule has 102 valence electrons. The fraction of sp³-hybridized carbons (Fsp3) is 0.400. The summed E-state index contributed by atoms with van der Waals surface area (Å²) in [5, 5.41) is 3.03. The highest BCUT2D eigenvalue weighted by atomic mass is 79.9. The summed E-state index contributed by atoms with van der Waals surface area (Å²) in [6.07, 6.45) is 2.06. The number of thiazole rings is 1. The van der Waals surface area contributed by atoms with E-state index in [1.807, 2.05) is 23.5 Å². The highest BCUT2D eigenvalue weighted by Crippen LogP contribution is 2.23. The highest BCUT2D eigenvalue weighted by molar-refractivity contribution is 9.09. The molecule has 2 aromatic rings. The number of benzene rings is 1. The first-order chi connectivity index (χ1) is 9.08. The van der Waals surface area contributed by atoms with Gasteiger partial charge >= 0.3 is 0 Å². The van der Waals surface area contributed by atoms with Crippen molar-refractivity contribution in [3.8, 4) is 0 Å². The van der Waals surface area contributed by atoms with E-state index in [0.717, 1.165) is 28.9 Å². The Hall–Kier alpha value is -0.380. The highest BCUT2D eigenvalue weighted by Gasteiger charge is 2.13.